The number of unbranched alkanes of at least 4 members (excludes halogenated alkanes) is 1. The van der Waals surface area contributed by atoms with Crippen molar-refractivity contribution < 1.29 is 14.3 Å². The predicted molar refractivity (Wildman–Crippen MR) is 45.7 cm³/mol. The van der Waals surface area contributed by atoms with Gasteiger partial charge in [-0.1, -0.05) is 6.58 Å². The Morgan fingerprint density at radius 1 is 1.50 bits per heavy atom. The van der Waals surface area contributed by atoms with Gasteiger partial charge in [-0.2, -0.15) is 0 Å². The third-order valence-corrected chi connectivity index (χ3v) is 1.36. The number of hydrogen-bond acceptors (Lipinski definition) is 3. The van der Waals surface area contributed by atoms with Crippen LogP contribution in [0.3, 0.4) is 0 Å². The standard InChI is InChI=1S/C9H14O3/c1-8(7-10)5-3-4-6-12-9(2)11/h7H,1,3-6H2,2H3. The Hall–Kier alpha value is -1.12. The summed E-state index contributed by atoms with van der Waals surface area (Å²) in [4.78, 5) is 20.4. The second-order valence-corrected chi connectivity index (χ2v) is 2.57. The second-order valence-electron chi connectivity index (χ2n) is 2.57. The largest absolute Gasteiger partial charge is 0.466 e. The lowest BCUT2D eigenvalue weighted by Crippen LogP contribution is -2.00. The molecule has 0 heterocycles. The van der Waals surface area contributed by atoms with Crippen LogP contribution in [0.25, 0.3) is 0 Å². The molecule has 0 amide bonds. The van der Waals surface area contributed by atoms with Crippen molar-refractivity contribution in [1.82, 2.24) is 0 Å². The number of rotatable bonds is 6. The maximum absolute atomic E-state index is 10.3. The van der Waals surface area contributed by atoms with Gasteiger partial charge in [0.2, 0.25) is 0 Å². The molecule has 0 aliphatic heterocycles. The summed E-state index contributed by atoms with van der Waals surface area (Å²) >= 11 is 0. The van der Waals surface area contributed by atoms with Crippen molar-refractivity contribution in [2.45, 2.75) is 26.2 Å². The van der Waals surface area contributed by atoms with Gasteiger partial charge in [0.15, 0.2) is 0 Å². The molecule has 0 aliphatic rings. The Balaban J connectivity index is 3.16. The van der Waals surface area contributed by atoms with E-state index in [-0.39, 0.29) is 5.97 Å². The first-order valence-electron chi connectivity index (χ1n) is 3.93. The topological polar surface area (TPSA) is 43.4 Å². The molecule has 0 fully saturated rings. The van der Waals surface area contributed by atoms with Crippen molar-refractivity contribution in [2.75, 3.05) is 6.61 Å². The number of hydrogen-bond donors (Lipinski definition) is 0. The van der Waals surface area contributed by atoms with Crippen LogP contribution in [0, 0.1) is 0 Å². The first-order valence-corrected chi connectivity index (χ1v) is 3.93. The molecule has 0 bridgehead atoms. The van der Waals surface area contributed by atoms with Gasteiger partial charge in [0.25, 0.3) is 0 Å². The highest BCUT2D eigenvalue weighted by Crippen LogP contribution is 2.02. The minimum atomic E-state index is -0.260. The second kappa shape index (κ2) is 6.58. The molecule has 3 heteroatoms. The van der Waals surface area contributed by atoms with Gasteiger partial charge in [-0.05, 0) is 24.8 Å². The zero-order valence-corrected chi connectivity index (χ0v) is 7.34. The zero-order chi connectivity index (χ0) is 9.40. The van der Waals surface area contributed by atoms with Crippen LogP contribution in [0.5, 0.6) is 0 Å². The summed E-state index contributed by atoms with van der Waals surface area (Å²) in [6, 6.07) is 0. The molecule has 0 radical (unpaired) electrons. The molecular weight excluding hydrogens is 156 g/mol. The maximum Gasteiger partial charge on any atom is 0.302 e. The Morgan fingerprint density at radius 2 is 2.17 bits per heavy atom. The van der Waals surface area contributed by atoms with Crippen molar-refractivity contribution in [3.63, 3.8) is 0 Å². The van der Waals surface area contributed by atoms with Crippen molar-refractivity contribution in [2.24, 2.45) is 0 Å². The highest BCUT2D eigenvalue weighted by atomic mass is 16.5. The van der Waals surface area contributed by atoms with Gasteiger partial charge in [0.05, 0.1) is 6.61 Å². The summed E-state index contributed by atoms with van der Waals surface area (Å²) in [5, 5.41) is 0. The molecule has 0 rings (SSSR count). The fourth-order valence-corrected chi connectivity index (χ4v) is 0.729. The molecule has 0 aromatic carbocycles. The normalized spacial score (nSPS) is 9.08. The first-order chi connectivity index (χ1) is 5.66. The van der Waals surface area contributed by atoms with Crippen molar-refractivity contribution in [3.05, 3.63) is 12.2 Å². The van der Waals surface area contributed by atoms with Gasteiger partial charge in [-0.15, -0.1) is 0 Å². The van der Waals surface area contributed by atoms with Gasteiger partial charge < -0.3 is 4.74 Å². The van der Waals surface area contributed by atoms with E-state index in [1.165, 1.54) is 6.92 Å². The quantitative estimate of drug-likeness (QED) is 0.262. The monoisotopic (exact) mass is 170 g/mol. The SMILES string of the molecule is C=C(C=O)CCCCOC(C)=O. The number of carbonyl (C=O) groups is 2. The van der Waals surface area contributed by atoms with E-state index in [1.807, 2.05) is 0 Å². The number of ether oxygens (including phenoxy) is 1. The van der Waals surface area contributed by atoms with Crippen LogP contribution in [0.2, 0.25) is 0 Å². The van der Waals surface area contributed by atoms with E-state index in [1.54, 1.807) is 0 Å². The molecule has 0 aliphatic carbocycles. The molecule has 0 spiro atoms. The molecule has 12 heavy (non-hydrogen) atoms. The summed E-state index contributed by atoms with van der Waals surface area (Å²) < 4.78 is 4.70. The van der Waals surface area contributed by atoms with Crippen LogP contribution in [0.1, 0.15) is 26.2 Å². The third-order valence-electron chi connectivity index (χ3n) is 1.36. The minimum absolute atomic E-state index is 0.260. The molecule has 0 aromatic rings. The molecule has 3 nitrogen and oxygen atoms in total. The number of esters is 1. The fraction of sp³-hybridized carbons (Fsp3) is 0.556. The zero-order valence-electron chi connectivity index (χ0n) is 7.34. The molecule has 0 saturated heterocycles. The molecule has 0 unspecified atom stereocenters. The third kappa shape index (κ3) is 6.99. The van der Waals surface area contributed by atoms with E-state index in [9.17, 15) is 9.59 Å². The molecule has 0 aromatic heterocycles. The first kappa shape index (κ1) is 10.9. The van der Waals surface area contributed by atoms with Crippen molar-refractivity contribution in [1.29, 1.82) is 0 Å². The fourth-order valence-electron chi connectivity index (χ4n) is 0.729. The van der Waals surface area contributed by atoms with E-state index in [0.29, 0.717) is 18.6 Å². The Morgan fingerprint density at radius 3 is 2.67 bits per heavy atom. The van der Waals surface area contributed by atoms with Gasteiger partial charge in [0, 0.05) is 6.92 Å². The Labute approximate surface area is 72.4 Å². The summed E-state index contributed by atoms with van der Waals surface area (Å²) in [6.07, 6.45) is 3.06. The molecule has 68 valence electrons. The van der Waals surface area contributed by atoms with Gasteiger partial charge in [-0.3, -0.25) is 9.59 Å². The van der Waals surface area contributed by atoms with Crippen LogP contribution in [-0.4, -0.2) is 18.9 Å². The lowest BCUT2D eigenvalue weighted by molar-refractivity contribution is -0.141. The number of carbonyl (C=O) groups excluding carboxylic acids is 2. The van der Waals surface area contributed by atoms with Gasteiger partial charge >= 0.3 is 5.97 Å². The van der Waals surface area contributed by atoms with E-state index < -0.39 is 0 Å². The molecule has 0 saturated carbocycles. The average Bonchev–Trinajstić information content (AvgIpc) is 2.03. The van der Waals surface area contributed by atoms with Crippen LogP contribution in [-0.2, 0) is 14.3 Å². The van der Waals surface area contributed by atoms with Gasteiger partial charge in [0.1, 0.15) is 6.29 Å². The maximum atomic E-state index is 10.3. The lowest BCUT2D eigenvalue weighted by atomic mass is 10.1. The van der Waals surface area contributed by atoms with E-state index in [0.717, 1.165) is 19.1 Å². The molecular formula is C9H14O3. The smallest absolute Gasteiger partial charge is 0.302 e. The minimum Gasteiger partial charge on any atom is -0.466 e. The highest BCUT2D eigenvalue weighted by molar-refractivity contribution is 5.71. The number of allylic oxidation sites excluding steroid dienone is 1. The van der Waals surface area contributed by atoms with E-state index in [2.05, 4.69) is 6.58 Å². The van der Waals surface area contributed by atoms with Crippen molar-refractivity contribution >= 4 is 12.3 Å². The summed E-state index contributed by atoms with van der Waals surface area (Å²) in [5.41, 5.74) is 0.595. The highest BCUT2D eigenvalue weighted by Gasteiger charge is 1.94. The summed E-state index contributed by atoms with van der Waals surface area (Å²) in [5.74, 6) is -0.260. The Bertz CT molecular complexity index is 173. The summed E-state index contributed by atoms with van der Waals surface area (Å²) in [7, 11) is 0. The predicted octanol–water partition coefficient (Wildman–Crippen LogP) is 1.47. The van der Waals surface area contributed by atoms with Crippen LogP contribution in [0.15, 0.2) is 12.2 Å². The number of aldehydes is 1. The van der Waals surface area contributed by atoms with E-state index >= 15 is 0 Å². The molecule has 0 atom stereocenters. The molecule has 0 N–H and O–H groups in total. The lowest BCUT2D eigenvalue weighted by Gasteiger charge is -2.00. The summed E-state index contributed by atoms with van der Waals surface area (Å²) in [6.45, 7) is 5.34. The Kier molecular flexibility index (Phi) is 5.97. The van der Waals surface area contributed by atoms with Crippen LogP contribution >= 0.6 is 0 Å². The average molecular weight is 170 g/mol. The van der Waals surface area contributed by atoms with Crippen LogP contribution in [0.4, 0.5) is 0 Å². The van der Waals surface area contributed by atoms with Gasteiger partial charge in [-0.25, -0.2) is 0 Å². The van der Waals surface area contributed by atoms with Crippen molar-refractivity contribution in [3.8, 4) is 0 Å². The van der Waals surface area contributed by atoms with Crippen LogP contribution < -0.4 is 0 Å². The van der Waals surface area contributed by atoms with E-state index in [4.69, 9.17) is 4.74 Å².